The Hall–Kier alpha value is -5.15. The van der Waals surface area contributed by atoms with Crippen molar-refractivity contribution in [1.82, 2.24) is 19.9 Å². The molecule has 0 bridgehead atoms. The fourth-order valence-electron chi connectivity index (χ4n) is 7.39. The number of hydrogen-bond donors (Lipinski definition) is 0. The van der Waals surface area contributed by atoms with Crippen molar-refractivity contribution in [2.75, 3.05) is 61.7 Å². The molecule has 4 aromatic heterocycles. The number of pyridine rings is 2. The molecule has 3 atom stereocenters. The van der Waals surface area contributed by atoms with E-state index in [1.54, 1.807) is 62.3 Å². The first-order valence-corrected chi connectivity index (χ1v) is 18.1. The van der Waals surface area contributed by atoms with Gasteiger partial charge in [-0.15, -0.1) is 0 Å². The van der Waals surface area contributed by atoms with Gasteiger partial charge < -0.3 is 38.1 Å². The number of halogens is 2. The fraction of sp³-hybridized carbons (Fsp3) is 0.462. The Labute approximate surface area is 311 Å². The SMILES string of the molecule is C[C@@H]1N(c2cc(-c3ccnc(N(C)C)c3)cnc2OC2C[C@@H](C(=O)OC(C)(C)C)N(c3nc(C(F)F)nc4c3oc3ccccc34)C2)CCOC12COC2. The molecule has 284 valence electrons. The molecule has 0 aliphatic carbocycles. The number of carbonyl (C=O) groups excluding carboxylic acids is 1. The Morgan fingerprint density at radius 2 is 1.85 bits per heavy atom. The zero-order valence-corrected chi connectivity index (χ0v) is 31.1. The van der Waals surface area contributed by atoms with E-state index in [-0.39, 0.29) is 35.9 Å². The highest BCUT2D eigenvalue weighted by Gasteiger charge is 2.50. The molecule has 0 amide bonds. The minimum atomic E-state index is -2.96. The zero-order valence-electron chi connectivity index (χ0n) is 31.1. The molecule has 0 N–H and O–H groups in total. The van der Waals surface area contributed by atoms with Crippen molar-refractivity contribution in [1.29, 1.82) is 0 Å². The summed E-state index contributed by atoms with van der Waals surface area (Å²) < 4.78 is 59.4. The van der Waals surface area contributed by atoms with Gasteiger partial charge in [-0.3, -0.25) is 0 Å². The van der Waals surface area contributed by atoms with E-state index in [0.717, 1.165) is 22.6 Å². The van der Waals surface area contributed by atoms with Crippen LogP contribution in [0, 0.1) is 0 Å². The molecule has 1 spiro atoms. The molecule has 8 rings (SSSR count). The van der Waals surface area contributed by atoms with Crippen LogP contribution < -0.4 is 19.4 Å². The number of fused-ring (bicyclic) bond motifs is 3. The lowest BCUT2D eigenvalue weighted by atomic mass is 9.90. The van der Waals surface area contributed by atoms with Crippen LogP contribution in [0.15, 0.2) is 59.3 Å². The summed E-state index contributed by atoms with van der Waals surface area (Å²) in [4.78, 5) is 37.6. The van der Waals surface area contributed by atoms with Gasteiger partial charge in [0.1, 0.15) is 46.0 Å². The Bertz CT molecular complexity index is 2200. The van der Waals surface area contributed by atoms with Crippen LogP contribution in [0.4, 0.5) is 26.1 Å². The van der Waals surface area contributed by atoms with Gasteiger partial charge in [0.25, 0.3) is 6.43 Å². The second-order valence-electron chi connectivity index (χ2n) is 15.3. The maximum Gasteiger partial charge on any atom is 0.329 e. The van der Waals surface area contributed by atoms with E-state index in [1.807, 2.05) is 31.1 Å². The Morgan fingerprint density at radius 3 is 2.57 bits per heavy atom. The third-order valence-corrected chi connectivity index (χ3v) is 10.2. The summed E-state index contributed by atoms with van der Waals surface area (Å²) in [7, 11) is 3.87. The number of hydrogen-bond acceptors (Lipinski definition) is 13. The first-order chi connectivity index (χ1) is 25.8. The number of para-hydroxylation sites is 1. The summed E-state index contributed by atoms with van der Waals surface area (Å²) in [6.07, 6.45) is 0.109. The summed E-state index contributed by atoms with van der Waals surface area (Å²) in [6.45, 7) is 9.59. The van der Waals surface area contributed by atoms with Crippen molar-refractivity contribution in [3.63, 3.8) is 0 Å². The van der Waals surface area contributed by atoms with E-state index in [2.05, 4.69) is 32.8 Å². The summed E-state index contributed by atoms with van der Waals surface area (Å²) in [5.74, 6) is 0.0306. The Morgan fingerprint density at radius 1 is 1.06 bits per heavy atom. The highest BCUT2D eigenvalue weighted by molar-refractivity contribution is 6.06. The smallest absolute Gasteiger partial charge is 0.329 e. The monoisotopic (exact) mass is 743 g/mol. The van der Waals surface area contributed by atoms with Crippen LogP contribution in [0.5, 0.6) is 5.88 Å². The third-order valence-electron chi connectivity index (χ3n) is 10.2. The van der Waals surface area contributed by atoms with Gasteiger partial charge in [0.05, 0.1) is 32.4 Å². The van der Waals surface area contributed by atoms with E-state index in [9.17, 15) is 13.6 Å². The average Bonchev–Trinajstić information content (AvgIpc) is 3.72. The molecule has 0 saturated carbocycles. The standard InChI is InChI=1S/C39H43F2N7O6/c1-22-39(20-50-21-39)51-14-13-47(22)27-15-24(23-11-12-42-30(16-23)46(5)6)18-43-36(27)52-25-17-28(37(49)54-38(2,3)4)48(19-25)35-32-31(44-34(45-35)33(40)41)26-9-7-8-10-29(26)53-32/h7-12,15-16,18,22,25,28,33H,13-14,17,19-21H2,1-6H3/t22-,25?,28-/m0/s1. The third kappa shape index (κ3) is 6.53. The summed E-state index contributed by atoms with van der Waals surface area (Å²) in [5.41, 5.74) is 2.18. The number of ether oxygens (including phenoxy) is 4. The highest BCUT2D eigenvalue weighted by atomic mass is 19.3. The maximum atomic E-state index is 14.3. The van der Waals surface area contributed by atoms with Gasteiger partial charge in [-0.2, -0.15) is 0 Å². The van der Waals surface area contributed by atoms with Crippen molar-refractivity contribution in [3.8, 4) is 17.0 Å². The zero-order chi connectivity index (χ0) is 37.9. The Balaban J connectivity index is 1.20. The summed E-state index contributed by atoms with van der Waals surface area (Å²) >= 11 is 0. The van der Waals surface area contributed by atoms with Gasteiger partial charge >= 0.3 is 5.97 Å². The predicted octanol–water partition coefficient (Wildman–Crippen LogP) is 6.20. The summed E-state index contributed by atoms with van der Waals surface area (Å²) in [5, 5.41) is 0.564. The second kappa shape index (κ2) is 13.6. The molecule has 7 heterocycles. The van der Waals surface area contributed by atoms with Crippen molar-refractivity contribution in [3.05, 3.63) is 60.7 Å². The number of alkyl halides is 2. The van der Waals surface area contributed by atoms with Gasteiger partial charge in [0, 0.05) is 50.4 Å². The van der Waals surface area contributed by atoms with Gasteiger partial charge in [-0.25, -0.2) is 33.5 Å². The molecule has 3 fully saturated rings. The second-order valence-corrected chi connectivity index (χ2v) is 15.3. The number of anilines is 3. The van der Waals surface area contributed by atoms with Gasteiger partial charge in [-0.1, -0.05) is 12.1 Å². The molecule has 54 heavy (non-hydrogen) atoms. The number of rotatable bonds is 8. The molecular weight excluding hydrogens is 700 g/mol. The quantitative estimate of drug-likeness (QED) is 0.168. The lowest BCUT2D eigenvalue weighted by Crippen LogP contribution is -2.68. The first-order valence-electron chi connectivity index (χ1n) is 18.1. The number of esters is 1. The first kappa shape index (κ1) is 35.9. The fourth-order valence-corrected chi connectivity index (χ4v) is 7.39. The lowest BCUT2D eigenvalue weighted by molar-refractivity contribution is -0.228. The van der Waals surface area contributed by atoms with E-state index in [0.29, 0.717) is 43.2 Å². The molecule has 3 saturated heterocycles. The van der Waals surface area contributed by atoms with Crippen LogP contribution in [0.25, 0.3) is 33.2 Å². The van der Waals surface area contributed by atoms with Crippen LogP contribution in [0.1, 0.15) is 46.4 Å². The van der Waals surface area contributed by atoms with Crippen LogP contribution in [0.2, 0.25) is 0 Å². The van der Waals surface area contributed by atoms with Crippen molar-refractivity contribution >= 4 is 45.4 Å². The van der Waals surface area contributed by atoms with E-state index >= 15 is 0 Å². The van der Waals surface area contributed by atoms with Gasteiger partial charge in [0.2, 0.25) is 5.88 Å². The lowest BCUT2D eigenvalue weighted by Gasteiger charge is -2.53. The Kier molecular flexibility index (Phi) is 9.04. The number of carbonyl (C=O) groups is 1. The largest absolute Gasteiger partial charge is 0.471 e. The summed E-state index contributed by atoms with van der Waals surface area (Å²) in [6, 6.07) is 12.0. The van der Waals surface area contributed by atoms with Crippen molar-refractivity contribution < 1.29 is 36.9 Å². The molecule has 3 aliphatic heterocycles. The normalized spacial score (nSPS) is 21.2. The van der Waals surface area contributed by atoms with Gasteiger partial charge in [0.15, 0.2) is 17.2 Å². The van der Waals surface area contributed by atoms with Crippen LogP contribution in [-0.4, -0.2) is 102 Å². The molecule has 15 heteroatoms. The highest BCUT2D eigenvalue weighted by Crippen LogP contribution is 2.42. The van der Waals surface area contributed by atoms with Crippen LogP contribution >= 0.6 is 0 Å². The number of furan rings is 1. The van der Waals surface area contributed by atoms with E-state index in [1.165, 1.54) is 0 Å². The molecule has 1 unspecified atom stereocenters. The topological polar surface area (TPSA) is 128 Å². The molecule has 1 aromatic carbocycles. The van der Waals surface area contributed by atoms with Gasteiger partial charge in [-0.05, 0) is 63.6 Å². The minimum Gasteiger partial charge on any atom is -0.471 e. The van der Waals surface area contributed by atoms with E-state index in [4.69, 9.17) is 28.3 Å². The molecule has 3 aliphatic rings. The number of aromatic nitrogens is 4. The van der Waals surface area contributed by atoms with Crippen molar-refractivity contribution in [2.45, 2.75) is 69.9 Å². The molecule has 13 nitrogen and oxygen atoms in total. The number of morpholine rings is 1. The van der Waals surface area contributed by atoms with Crippen LogP contribution in [0.3, 0.4) is 0 Å². The predicted molar refractivity (Wildman–Crippen MR) is 198 cm³/mol. The molecule has 5 aromatic rings. The minimum absolute atomic E-state index is 0.0695. The molecule has 0 radical (unpaired) electrons. The average molecular weight is 744 g/mol. The number of nitrogens with zero attached hydrogens (tertiary/aromatic N) is 7. The number of benzene rings is 1. The molecular formula is C39H43F2N7O6. The van der Waals surface area contributed by atoms with Crippen molar-refractivity contribution in [2.24, 2.45) is 0 Å². The maximum absolute atomic E-state index is 14.3. The van der Waals surface area contributed by atoms with Crippen LogP contribution in [-0.2, 0) is 19.0 Å². The van der Waals surface area contributed by atoms with E-state index < -0.39 is 41.6 Å².